The van der Waals surface area contributed by atoms with Crippen LogP contribution in [0.15, 0.2) is 48.8 Å². The fourth-order valence-corrected chi connectivity index (χ4v) is 3.48. The average molecular weight is 373 g/mol. The van der Waals surface area contributed by atoms with Crippen LogP contribution in [0.3, 0.4) is 0 Å². The third-order valence-corrected chi connectivity index (χ3v) is 4.98. The van der Waals surface area contributed by atoms with E-state index in [4.69, 9.17) is 5.26 Å². The Morgan fingerprint density at radius 1 is 0.964 bits per heavy atom. The van der Waals surface area contributed by atoms with Crippen LogP contribution in [-0.4, -0.2) is 57.8 Å². The van der Waals surface area contributed by atoms with Gasteiger partial charge in [-0.15, -0.1) is 0 Å². The number of hydrogen-bond donors (Lipinski definition) is 1. The fourth-order valence-electron chi connectivity index (χ4n) is 3.48. The van der Waals surface area contributed by atoms with Crippen LogP contribution in [0, 0.1) is 11.3 Å². The summed E-state index contributed by atoms with van der Waals surface area (Å²) in [6, 6.07) is 14.2. The maximum atomic E-state index is 12.9. The predicted octanol–water partition coefficient (Wildman–Crippen LogP) is 2.42. The molecular formula is C21H19N5O2. The summed E-state index contributed by atoms with van der Waals surface area (Å²) < 4.78 is 0. The molecule has 2 amide bonds. The molecule has 0 saturated carbocycles. The van der Waals surface area contributed by atoms with Crippen molar-refractivity contribution in [2.45, 2.75) is 6.42 Å². The Kier molecular flexibility index (Phi) is 4.77. The standard InChI is InChI=1S/C21H19N5O2/c22-13-15-3-1-4-16(11-15)20(27)25-7-2-8-26(10-9-25)21(28)17-5-6-18-19(12-17)24-14-23-18/h1,3-6,11-12,14H,2,7-10H2,(H,23,24). The van der Waals surface area contributed by atoms with E-state index in [0.29, 0.717) is 49.3 Å². The molecule has 0 spiro atoms. The van der Waals surface area contributed by atoms with Gasteiger partial charge in [-0.1, -0.05) is 6.07 Å². The van der Waals surface area contributed by atoms with Crippen LogP contribution in [0.4, 0.5) is 0 Å². The smallest absolute Gasteiger partial charge is 0.253 e. The van der Waals surface area contributed by atoms with E-state index < -0.39 is 0 Å². The molecule has 7 nitrogen and oxygen atoms in total. The number of aromatic nitrogens is 2. The first-order chi connectivity index (χ1) is 13.7. The molecule has 1 aromatic heterocycles. The van der Waals surface area contributed by atoms with E-state index in [9.17, 15) is 9.59 Å². The Morgan fingerprint density at radius 2 is 1.68 bits per heavy atom. The van der Waals surface area contributed by atoms with E-state index >= 15 is 0 Å². The van der Waals surface area contributed by atoms with Gasteiger partial charge in [0.05, 0.1) is 29.0 Å². The summed E-state index contributed by atoms with van der Waals surface area (Å²) in [6.45, 7) is 2.12. The maximum Gasteiger partial charge on any atom is 0.253 e. The van der Waals surface area contributed by atoms with E-state index in [-0.39, 0.29) is 11.8 Å². The molecule has 28 heavy (non-hydrogen) atoms. The minimum Gasteiger partial charge on any atom is -0.345 e. The summed E-state index contributed by atoms with van der Waals surface area (Å²) in [5, 5.41) is 9.03. The van der Waals surface area contributed by atoms with Gasteiger partial charge >= 0.3 is 0 Å². The quantitative estimate of drug-likeness (QED) is 0.747. The normalized spacial score (nSPS) is 14.5. The summed E-state index contributed by atoms with van der Waals surface area (Å²) in [5.74, 6) is -0.150. The Labute approximate surface area is 162 Å². The number of nitriles is 1. The SMILES string of the molecule is N#Cc1cccc(C(=O)N2CCCN(C(=O)c3ccc4nc[nH]c4c3)CC2)c1. The zero-order chi connectivity index (χ0) is 19.5. The van der Waals surface area contributed by atoms with Gasteiger partial charge < -0.3 is 14.8 Å². The van der Waals surface area contributed by atoms with Gasteiger partial charge in [0, 0.05) is 37.3 Å². The lowest BCUT2D eigenvalue weighted by Gasteiger charge is -2.22. The number of carbonyl (C=O) groups is 2. The predicted molar refractivity (Wildman–Crippen MR) is 104 cm³/mol. The lowest BCUT2D eigenvalue weighted by molar-refractivity contribution is 0.0719. The van der Waals surface area contributed by atoms with Crippen LogP contribution in [-0.2, 0) is 0 Å². The monoisotopic (exact) mass is 373 g/mol. The van der Waals surface area contributed by atoms with Gasteiger partial charge in [0.15, 0.2) is 0 Å². The van der Waals surface area contributed by atoms with Crippen LogP contribution in [0.25, 0.3) is 11.0 Å². The van der Waals surface area contributed by atoms with Crippen molar-refractivity contribution in [3.63, 3.8) is 0 Å². The van der Waals surface area contributed by atoms with E-state index in [1.807, 2.05) is 12.1 Å². The number of hydrogen-bond acceptors (Lipinski definition) is 4. The molecule has 1 N–H and O–H groups in total. The second-order valence-corrected chi connectivity index (χ2v) is 6.77. The van der Waals surface area contributed by atoms with Gasteiger partial charge in [-0.3, -0.25) is 9.59 Å². The molecule has 2 aromatic carbocycles. The number of nitrogens with zero attached hydrogens (tertiary/aromatic N) is 4. The van der Waals surface area contributed by atoms with E-state index in [2.05, 4.69) is 16.0 Å². The number of rotatable bonds is 2. The third kappa shape index (κ3) is 3.45. The highest BCUT2D eigenvalue weighted by Crippen LogP contribution is 2.16. The number of nitrogens with one attached hydrogen (secondary N) is 1. The van der Waals surface area contributed by atoms with Gasteiger partial charge in [0.2, 0.25) is 0 Å². The maximum absolute atomic E-state index is 12.9. The Balaban J connectivity index is 1.46. The summed E-state index contributed by atoms with van der Waals surface area (Å²) in [4.78, 5) is 36.4. The van der Waals surface area contributed by atoms with Gasteiger partial charge in [-0.05, 0) is 42.8 Å². The highest BCUT2D eigenvalue weighted by atomic mass is 16.2. The molecule has 0 atom stereocenters. The molecule has 3 aromatic rings. The first-order valence-corrected chi connectivity index (χ1v) is 9.17. The van der Waals surface area contributed by atoms with Crippen molar-refractivity contribution in [1.29, 1.82) is 5.26 Å². The van der Waals surface area contributed by atoms with Crippen molar-refractivity contribution in [2.75, 3.05) is 26.2 Å². The van der Waals surface area contributed by atoms with Gasteiger partial charge in [0.1, 0.15) is 0 Å². The lowest BCUT2D eigenvalue weighted by atomic mass is 10.1. The molecule has 0 aliphatic carbocycles. The van der Waals surface area contributed by atoms with Gasteiger partial charge in [-0.25, -0.2) is 4.98 Å². The van der Waals surface area contributed by atoms with Crippen molar-refractivity contribution in [2.24, 2.45) is 0 Å². The molecule has 1 fully saturated rings. The average Bonchev–Trinajstić information content (AvgIpc) is 3.07. The molecule has 140 valence electrons. The number of amides is 2. The molecule has 1 saturated heterocycles. The van der Waals surface area contributed by atoms with Crippen LogP contribution >= 0.6 is 0 Å². The minimum atomic E-state index is -0.106. The van der Waals surface area contributed by atoms with Crippen LogP contribution in [0.1, 0.15) is 32.7 Å². The summed E-state index contributed by atoms with van der Waals surface area (Å²) >= 11 is 0. The first kappa shape index (κ1) is 17.7. The number of benzene rings is 2. The van der Waals surface area contributed by atoms with E-state index in [1.54, 1.807) is 46.5 Å². The van der Waals surface area contributed by atoms with Crippen molar-refractivity contribution in [3.8, 4) is 6.07 Å². The van der Waals surface area contributed by atoms with Crippen molar-refractivity contribution in [3.05, 3.63) is 65.5 Å². The number of fused-ring (bicyclic) bond motifs is 1. The zero-order valence-electron chi connectivity index (χ0n) is 15.3. The highest BCUT2D eigenvalue weighted by molar-refractivity contribution is 5.97. The largest absolute Gasteiger partial charge is 0.345 e. The molecule has 1 aliphatic rings. The Morgan fingerprint density at radius 3 is 2.39 bits per heavy atom. The fraction of sp³-hybridized carbons (Fsp3) is 0.238. The first-order valence-electron chi connectivity index (χ1n) is 9.17. The van der Waals surface area contributed by atoms with Gasteiger partial charge in [-0.2, -0.15) is 5.26 Å². The number of H-pyrrole nitrogens is 1. The van der Waals surface area contributed by atoms with Crippen LogP contribution < -0.4 is 0 Å². The molecule has 0 radical (unpaired) electrons. The summed E-state index contributed by atoms with van der Waals surface area (Å²) in [7, 11) is 0. The second kappa shape index (κ2) is 7.53. The summed E-state index contributed by atoms with van der Waals surface area (Å²) in [6.07, 6.45) is 2.32. The minimum absolute atomic E-state index is 0.0442. The van der Waals surface area contributed by atoms with Crippen molar-refractivity contribution >= 4 is 22.8 Å². The van der Waals surface area contributed by atoms with E-state index in [1.165, 1.54) is 0 Å². The molecular weight excluding hydrogens is 354 g/mol. The molecule has 0 bridgehead atoms. The van der Waals surface area contributed by atoms with Crippen molar-refractivity contribution < 1.29 is 9.59 Å². The van der Waals surface area contributed by atoms with Crippen LogP contribution in [0.5, 0.6) is 0 Å². The summed E-state index contributed by atoms with van der Waals surface area (Å²) in [5.41, 5.74) is 3.23. The molecule has 1 aliphatic heterocycles. The van der Waals surface area contributed by atoms with Crippen molar-refractivity contribution in [1.82, 2.24) is 19.8 Å². The van der Waals surface area contributed by atoms with Crippen LogP contribution in [0.2, 0.25) is 0 Å². The number of carbonyl (C=O) groups excluding carboxylic acids is 2. The highest BCUT2D eigenvalue weighted by Gasteiger charge is 2.24. The zero-order valence-corrected chi connectivity index (χ0v) is 15.3. The third-order valence-electron chi connectivity index (χ3n) is 4.98. The lowest BCUT2D eigenvalue weighted by Crippen LogP contribution is -2.37. The number of imidazole rings is 1. The molecule has 2 heterocycles. The molecule has 0 unspecified atom stereocenters. The molecule has 4 rings (SSSR count). The second-order valence-electron chi connectivity index (χ2n) is 6.77. The van der Waals surface area contributed by atoms with Gasteiger partial charge in [0.25, 0.3) is 11.8 Å². The van der Waals surface area contributed by atoms with E-state index in [0.717, 1.165) is 11.0 Å². The molecule has 7 heteroatoms. The Hall–Kier alpha value is -3.66. The number of aromatic amines is 1. The Bertz CT molecular complexity index is 1080. The topological polar surface area (TPSA) is 93.1 Å².